The van der Waals surface area contributed by atoms with Crippen LogP contribution in [-0.2, 0) is 0 Å². The van der Waals surface area contributed by atoms with Gasteiger partial charge >= 0.3 is 0 Å². The van der Waals surface area contributed by atoms with E-state index in [1.54, 1.807) is 19.2 Å². The van der Waals surface area contributed by atoms with E-state index in [1.165, 1.54) is 0 Å². The molecule has 0 aliphatic carbocycles. The Morgan fingerprint density at radius 2 is 1.85 bits per heavy atom. The van der Waals surface area contributed by atoms with Crippen LogP contribution < -0.4 is 5.32 Å². The minimum Gasteiger partial charge on any atom is -0.312 e. The van der Waals surface area contributed by atoms with E-state index in [0.29, 0.717) is 12.1 Å². The van der Waals surface area contributed by atoms with Crippen LogP contribution in [0.3, 0.4) is 0 Å². The lowest BCUT2D eigenvalue weighted by Gasteiger charge is -2.25. The molecule has 0 amide bonds. The molecule has 5 heteroatoms. The van der Waals surface area contributed by atoms with Gasteiger partial charge in [-0.1, -0.05) is 12.1 Å². The largest absolute Gasteiger partial charge is 0.312 e. The molecule has 20 heavy (non-hydrogen) atoms. The highest BCUT2D eigenvalue weighted by atomic mass is 19.2. The van der Waals surface area contributed by atoms with Gasteiger partial charge < -0.3 is 15.1 Å². The molecular weight excluding hydrogens is 260 g/mol. The summed E-state index contributed by atoms with van der Waals surface area (Å²) in [5.74, 6) is -1.55. The van der Waals surface area contributed by atoms with Crippen LogP contribution in [0.1, 0.15) is 18.0 Å². The number of likely N-dealkylation sites (N-methyl/N-ethyl adjacent to an activating group) is 2. The van der Waals surface area contributed by atoms with Crippen molar-refractivity contribution in [2.75, 3.05) is 47.8 Å². The van der Waals surface area contributed by atoms with E-state index in [-0.39, 0.29) is 6.04 Å². The molecule has 1 aromatic carbocycles. The Morgan fingerprint density at radius 1 is 1.15 bits per heavy atom. The lowest BCUT2D eigenvalue weighted by Crippen LogP contribution is -2.33. The van der Waals surface area contributed by atoms with E-state index in [9.17, 15) is 8.78 Å². The van der Waals surface area contributed by atoms with Crippen LogP contribution in [0.15, 0.2) is 18.2 Å². The molecule has 0 radical (unpaired) electrons. The Labute approximate surface area is 120 Å². The van der Waals surface area contributed by atoms with Gasteiger partial charge in [0, 0.05) is 18.2 Å². The number of rotatable bonds is 8. The van der Waals surface area contributed by atoms with E-state index in [0.717, 1.165) is 25.6 Å². The minimum absolute atomic E-state index is 0.213. The standard InChI is InChI=1S/C15H25F2N3/c1-18-14(11-20(4)10-6-9-19(2)3)12-7-5-8-13(16)15(12)17/h5,7-8,14,18H,6,9-11H2,1-4H3. The van der Waals surface area contributed by atoms with Crippen LogP contribution in [0.5, 0.6) is 0 Å². The molecule has 1 aromatic rings. The van der Waals surface area contributed by atoms with Gasteiger partial charge in [-0.2, -0.15) is 0 Å². The highest BCUT2D eigenvalue weighted by Crippen LogP contribution is 2.19. The summed E-state index contributed by atoms with van der Waals surface area (Å²) in [7, 11) is 7.84. The van der Waals surface area contributed by atoms with Gasteiger partial charge in [0.1, 0.15) is 0 Å². The van der Waals surface area contributed by atoms with E-state index in [1.807, 2.05) is 21.1 Å². The Hall–Kier alpha value is -1.04. The van der Waals surface area contributed by atoms with Gasteiger partial charge in [-0.15, -0.1) is 0 Å². The lowest BCUT2D eigenvalue weighted by atomic mass is 10.1. The number of nitrogens with one attached hydrogen (secondary N) is 1. The predicted octanol–water partition coefficient (Wildman–Crippen LogP) is 2.11. The summed E-state index contributed by atoms with van der Waals surface area (Å²) in [5, 5.41) is 3.06. The summed E-state index contributed by atoms with van der Waals surface area (Å²) < 4.78 is 27.1. The number of halogens is 2. The minimum atomic E-state index is -0.794. The average Bonchev–Trinajstić information content (AvgIpc) is 2.39. The molecule has 3 nitrogen and oxygen atoms in total. The van der Waals surface area contributed by atoms with Crippen molar-refractivity contribution in [3.05, 3.63) is 35.4 Å². The van der Waals surface area contributed by atoms with Gasteiger partial charge in [0.05, 0.1) is 0 Å². The van der Waals surface area contributed by atoms with E-state index < -0.39 is 11.6 Å². The first-order chi connectivity index (χ1) is 9.45. The van der Waals surface area contributed by atoms with Gasteiger partial charge in [-0.25, -0.2) is 8.78 Å². The predicted molar refractivity (Wildman–Crippen MR) is 78.8 cm³/mol. The van der Waals surface area contributed by atoms with Crippen molar-refractivity contribution >= 4 is 0 Å². The Balaban J connectivity index is 2.60. The third-order valence-electron chi connectivity index (χ3n) is 3.34. The third kappa shape index (κ3) is 5.15. The van der Waals surface area contributed by atoms with Gasteiger partial charge in [0.15, 0.2) is 11.6 Å². The average molecular weight is 285 g/mol. The summed E-state index contributed by atoms with van der Waals surface area (Å²) >= 11 is 0. The molecule has 0 bridgehead atoms. The molecule has 1 rings (SSSR count). The molecule has 0 aliphatic heterocycles. The van der Waals surface area contributed by atoms with Crippen molar-refractivity contribution in [3.63, 3.8) is 0 Å². The summed E-state index contributed by atoms with van der Waals surface area (Å²) in [6, 6.07) is 4.11. The quantitative estimate of drug-likeness (QED) is 0.789. The third-order valence-corrected chi connectivity index (χ3v) is 3.34. The summed E-state index contributed by atoms with van der Waals surface area (Å²) in [6.07, 6.45) is 1.05. The van der Waals surface area contributed by atoms with Crippen molar-refractivity contribution in [2.24, 2.45) is 0 Å². The lowest BCUT2D eigenvalue weighted by molar-refractivity contribution is 0.272. The normalized spacial score (nSPS) is 13.2. The molecule has 0 spiro atoms. The maximum Gasteiger partial charge on any atom is 0.163 e. The van der Waals surface area contributed by atoms with E-state index in [2.05, 4.69) is 15.1 Å². The summed E-state index contributed by atoms with van der Waals surface area (Å²) in [4.78, 5) is 4.27. The first-order valence-corrected chi connectivity index (χ1v) is 6.90. The second kappa shape index (κ2) is 8.29. The van der Waals surface area contributed by atoms with Crippen molar-refractivity contribution in [1.29, 1.82) is 0 Å². The summed E-state index contributed by atoms with van der Waals surface area (Å²) in [6.45, 7) is 2.58. The molecule has 0 saturated heterocycles. The van der Waals surface area contributed by atoms with Crippen molar-refractivity contribution in [1.82, 2.24) is 15.1 Å². The Morgan fingerprint density at radius 3 is 2.45 bits per heavy atom. The van der Waals surface area contributed by atoms with Crippen molar-refractivity contribution in [2.45, 2.75) is 12.5 Å². The zero-order chi connectivity index (χ0) is 15.1. The molecule has 0 aliphatic rings. The molecule has 1 atom stereocenters. The second-order valence-corrected chi connectivity index (χ2v) is 5.40. The molecule has 1 N–H and O–H groups in total. The highest BCUT2D eigenvalue weighted by Gasteiger charge is 2.18. The molecule has 0 saturated carbocycles. The molecular formula is C15H25F2N3. The van der Waals surface area contributed by atoms with Crippen LogP contribution >= 0.6 is 0 Å². The number of hydrogen-bond donors (Lipinski definition) is 1. The summed E-state index contributed by atoms with van der Waals surface area (Å²) in [5.41, 5.74) is 0.381. The first-order valence-electron chi connectivity index (χ1n) is 6.90. The molecule has 0 heterocycles. The number of nitrogens with zero attached hydrogens (tertiary/aromatic N) is 2. The molecule has 114 valence electrons. The Bertz CT molecular complexity index is 410. The zero-order valence-corrected chi connectivity index (χ0v) is 12.8. The van der Waals surface area contributed by atoms with Crippen LogP contribution in [0.25, 0.3) is 0 Å². The van der Waals surface area contributed by atoms with Crippen LogP contribution in [0.2, 0.25) is 0 Å². The zero-order valence-electron chi connectivity index (χ0n) is 12.8. The Kier molecular flexibility index (Phi) is 7.05. The van der Waals surface area contributed by atoms with Crippen molar-refractivity contribution < 1.29 is 8.78 Å². The SMILES string of the molecule is CNC(CN(C)CCCN(C)C)c1cccc(F)c1F. The van der Waals surface area contributed by atoms with Gasteiger partial charge in [-0.3, -0.25) is 0 Å². The molecule has 0 fully saturated rings. The van der Waals surface area contributed by atoms with Gasteiger partial charge in [0.2, 0.25) is 0 Å². The molecule has 0 aromatic heterocycles. The fraction of sp³-hybridized carbons (Fsp3) is 0.600. The van der Waals surface area contributed by atoms with E-state index >= 15 is 0 Å². The first kappa shape index (κ1) is 17.0. The smallest absolute Gasteiger partial charge is 0.163 e. The van der Waals surface area contributed by atoms with E-state index in [4.69, 9.17) is 0 Å². The van der Waals surface area contributed by atoms with Gasteiger partial charge in [-0.05, 0) is 53.8 Å². The maximum absolute atomic E-state index is 13.8. The molecule has 1 unspecified atom stereocenters. The number of benzene rings is 1. The van der Waals surface area contributed by atoms with Crippen molar-refractivity contribution in [3.8, 4) is 0 Å². The van der Waals surface area contributed by atoms with Gasteiger partial charge in [0.25, 0.3) is 0 Å². The topological polar surface area (TPSA) is 18.5 Å². The van der Waals surface area contributed by atoms with Crippen LogP contribution in [0.4, 0.5) is 8.78 Å². The van der Waals surface area contributed by atoms with Crippen LogP contribution in [-0.4, -0.2) is 57.6 Å². The maximum atomic E-state index is 13.8. The second-order valence-electron chi connectivity index (χ2n) is 5.40. The highest BCUT2D eigenvalue weighted by molar-refractivity contribution is 5.22. The monoisotopic (exact) mass is 285 g/mol. The fourth-order valence-electron chi connectivity index (χ4n) is 2.19. The fourth-order valence-corrected chi connectivity index (χ4v) is 2.19. The van der Waals surface area contributed by atoms with Crippen LogP contribution in [0, 0.1) is 11.6 Å². The number of hydrogen-bond acceptors (Lipinski definition) is 3.